The second kappa shape index (κ2) is 3.87. The van der Waals surface area contributed by atoms with E-state index < -0.39 is 23.6 Å². The van der Waals surface area contributed by atoms with Crippen LogP contribution in [0.5, 0.6) is 0 Å². The number of benzene rings is 1. The molecule has 1 aromatic rings. The summed E-state index contributed by atoms with van der Waals surface area (Å²) in [5.41, 5.74) is 5.07. The van der Waals surface area contributed by atoms with Crippen molar-refractivity contribution in [1.82, 2.24) is 0 Å². The predicted octanol–water partition coefficient (Wildman–Crippen LogP) is 0.479. The summed E-state index contributed by atoms with van der Waals surface area (Å²) < 4.78 is 12.5. The van der Waals surface area contributed by atoms with E-state index in [1.165, 1.54) is 12.1 Å². The second-order valence-corrected chi connectivity index (χ2v) is 2.73. The van der Waals surface area contributed by atoms with Crippen molar-refractivity contribution in [3.8, 4) is 0 Å². The Balaban J connectivity index is 3.06. The number of carboxylic acid groups (broad SMARTS) is 1. The van der Waals surface area contributed by atoms with E-state index in [2.05, 4.69) is 0 Å². The zero-order chi connectivity index (χ0) is 10.7. The molecule has 1 amide bonds. The van der Waals surface area contributed by atoms with Gasteiger partial charge >= 0.3 is 5.97 Å². The molecule has 0 saturated heterocycles. The van der Waals surface area contributed by atoms with Gasteiger partial charge in [-0.2, -0.15) is 0 Å². The van der Waals surface area contributed by atoms with Gasteiger partial charge < -0.3 is 10.8 Å². The first-order chi connectivity index (χ1) is 6.52. The summed E-state index contributed by atoms with van der Waals surface area (Å²) in [6.07, 6.45) is 0. The van der Waals surface area contributed by atoms with Crippen LogP contribution in [0.15, 0.2) is 24.3 Å². The molecule has 0 heterocycles. The van der Waals surface area contributed by atoms with Crippen molar-refractivity contribution < 1.29 is 19.1 Å². The average molecular weight is 197 g/mol. The smallest absolute Gasteiger partial charge is 0.320 e. The van der Waals surface area contributed by atoms with Crippen molar-refractivity contribution in [3.05, 3.63) is 35.6 Å². The molecule has 4 nitrogen and oxygen atoms in total. The molecule has 0 aliphatic rings. The average Bonchev–Trinajstić information content (AvgIpc) is 2.07. The van der Waals surface area contributed by atoms with Crippen LogP contribution in [0, 0.1) is 5.82 Å². The molecule has 0 radical (unpaired) electrons. The molecule has 0 aromatic heterocycles. The van der Waals surface area contributed by atoms with Crippen LogP contribution in [0.1, 0.15) is 11.5 Å². The van der Waals surface area contributed by atoms with Gasteiger partial charge in [0.15, 0.2) is 5.92 Å². The Kier molecular flexibility index (Phi) is 2.81. The van der Waals surface area contributed by atoms with Crippen molar-refractivity contribution in [2.45, 2.75) is 5.92 Å². The molecular formula is C9H8FNO3. The maximum atomic E-state index is 12.5. The van der Waals surface area contributed by atoms with Gasteiger partial charge in [0.2, 0.25) is 5.91 Å². The van der Waals surface area contributed by atoms with Gasteiger partial charge in [-0.25, -0.2) is 4.39 Å². The van der Waals surface area contributed by atoms with Gasteiger partial charge in [0.05, 0.1) is 0 Å². The molecule has 1 rings (SSSR count). The summed E-state index contributed by atoms with van der Waals surface area (Å²) >= 11 is 0. The topological polar surface area (TPSA) is 80.4 Å². The van der Waals surface area contributed by atoms with E-state index in [4.69, 9.17) is 10.8 Å². The third-order valence-electron chi connectivity index (χ3n) is 1.73. The highest BCUT2D eigenvalue weighted by Gasteiger charge is 2.25. The molecule has 5 heteroatoms. The van der Waals surface area contributed by atoms with E-state index in [-0.39, 0.29) is 5.56 Å². The fourth-order valence-electron chi connectivity index (χ4n) is 1.08. The van der Waals surface area contributed by atoms with Crippen LogP contribution in [0.4, 0.5) is 4.39 Å². The second-order valence-electron chi connectivity index (χ2n) is 2.73. The van der Waals surface area contributed by atoms with Crippen LogP contribution in [-0.2, 0) is 9.59 Å². The molecule has 3 N–H and O–H groups in total. The Morgan fingerprint density at radius 3 is 2.14 bits per heavy atom. The Bertz CT molecular complexity index is 347. The van der Waals surface area contributed by atoms with Crippen LogP contribution < -0.4 is 5.73 Å². The molecule has 0 spiro atoms. The van der Waals surface area contributed by atoms with Gasteiger partial charge in [0, 0.05) is 0 Å². The SMILES string of the molecule is NC(=O)C(C(=O)O)c1ccc(F)cc1. The van der Waals surface area contributed by atoms with Crippen molar-refractivity contribution in [2.24, 2.45) is 5.73 Å². The van der Waals surface area contributed by atoms with Crippen LogP contribution in [0.2, 0.25) is 0 Å². The lowest BCUT2D eigenvalue weighted by molar-refractivity contribution is -0.142. The number of aliphatic carboxylic acids is 1. The van der Waals surface area contributed by atoms with Gasteiger partial charge in [-0.3, -0.25) is 9.59 Å². The largest absolute Gasteiger partial charge is 0.480 e. The van der Waals surface area contributed by atoms with Crippen LogP contribution in [0.3, 0.4) is 0 Å². The molecule has 0 fully saturated rings. The normalized spacial score (nSPS) is 12.1. The number of hydrogen-bond donors (Lipinski definition) is 2. The van der Waals surface area contributed by atoms with Crippen molar-refractivity contribution in [1.29, 1.82) is 0 Å². The fraction of sp³-hybridized carbons (Fsp3) is 0.111. The minimum atomic E-state index is -1.42. The first-order valence-electron chi connectivity index (χ1n) is 3.80. The number of amides is 1. The summed E-state index contributed by atoms with van der Waals surface area (Å²) in [6.45, 7) is 0. The summed E-state index contributed by atoms with van der Waals surface area (Å²) in [4.78, 5) is 21.4. The molecule has 14 heavy (non-hydrogen) atoms. The third kappa shape index (κ3) is 2.07. The highest BCUT2D eigenvalue weighted by molar-refractivity contribution is 6.01. The molecule has 1 unspecified atom stereocenters. The van der Waals surface area contributed by atoms with E-state index in [0.29, 0.717) is 0 Å². The number of carboxylic acids is 1. The first-order valence-corrected chi connectivity index (χ1v) is 3.80. The van der Waals surface area contributed by atoms with Crippen molar-refractivity contribution in [3.63, 3.8) is 0 Å². The lowest BCUT2D eigenvalue weighted by Gasteiger charge is -2.07. The maximum Gasteiger partial charge on any atom is 0.320 e. The van der Waals surface area contributed by atoms with E-state index in [9.17, 15) is 14.0 Å². The molecule has 1 aromatic carbocycles. The van der Waals surface area contributed by atoms with Gasteiger partial charge in [-0.1, -0.05) is 12.1 Å². The van der Waals surface area contributed by atoms with Crippen LogP contribution in [-0.4, -0.2) is 17.0 Å². The molecule has 0 aliphatic heterocycles. The van der Waals surface area contributed by atoms with E-state index >= 15 is 0 Å². The quantitative estimate of drug-likeness (QED) is 0.691. The number of rotatable bonds is 3. The molecule has 1 atom stereocenters. The van der Waals surface area contributed by atoms with Crippen molar-refractivity contribution in [2.75, 3.05) is 0 Å². The number of hydrogen-bond acceptors (Lipinski definition) is 2. The summed E-state index contributed by atoms with van der Waals surface area (Å²) in [6, 6.07) is 4.60. The third-order valence-corrected chi connectivity index (χ3v) is 1.73. The van der Waals surface area contributed by atoms with E-state index in [1.807, 2.05) is 0 Å². The Labute approximate surface area is 79.1 Å². The maximum absolute atomic E-state index is 12.5. The van der Waals surface area contributed by atoms with Crippen LogP contribution >= 0.6 is 0 Å². The molecular weight excluding hydrogens is 189 g/mol. The minimum Gasteiger partial charge on any atom is -0.480 e. The predicted molar refractivity (Wildman–Crippen MR) is 46.0 cm³/mol. The Morgan fingerprint density at radius 2 is 1.79 bits per heavy atom. The number of halogens is 1. The van der Waals surface area contributed by atoms with Gasteiger partial charge in [-0.15, -0.1) is 0 Å². The summed E-state index contributed by atoms with van der Waals surface area (Å²) in [7, 11) is 0. The zero-order valence-corrected chi connectivity index (χ0v) is 7.11. The lowest BCUT2D eigenvalue weighted by Crippen LogP contribution is -2.28. The fourth-order valence-corrected chi connectivity index (χ4v) is 1.08. The first kappa shape index (κ1) is 10.2. The number of nitrogens with two attached hydrogens (primary N) is 1. The summed E-state index contributed by atoms with van der Waals surface area (Å²) in [5.74, 6) is -4.23. The van der Waals surface area contributed by atoms with Gasteiger partial charge in [0.1, 0.15) is 5.82 Å². The molecule has 0 aliphatic carbocycles. The molecule has 0 bridgehead atoms. The summed E-state index contributed by atoms with van der Waals surface area (Å²) in [5, 5.41) is 8.67. The minimum absolute atomic E-state index is 0.173. The number of primary amides is 1. The lowest BCUT2D eigenvalue weighted by atomic mass is 9.99. The number of carbonyl (C=O) groups is 2. The highest BCUT2D eigenvalue weighted by Crippen LogP contribution is 2.15. The molecule has 0 saturated carbocycles. The van der Waals surface area contributed by atoms with Gasteiger partial charge in [-0.05, 0) is 17.7 Å². The van der Waals surface area contributed by atoms with Crippen LogP contribution in [0.25, 0.3) is 0 Å². The standard InChI is InChI=1S/C9H8FNO3/c10-6-3-1-5(2-4-6)7(8(11)12)9(13)14/h1-4,7H,(H2,11,12)(H,13,14). The molecule has 74 valence electrons. The number of carbonyl (C=O) groups excluding carboxylic acids is 1. The van der Waals surface area contributed by atoms with E-state index in [0.717, 1.165) is 12.1 Å². The van der Waals surface area contributed by atoms with Crippen molar-refractivity contribution >= 4 is 11.9 Å². The monoisotopic (exact) mass is 197 g/mol. The van der Waals surface area contributed by atoms with Gasteiger partial charge in [0.25, 0.3) is 0 Å². The zero-order valence-electron chi connectivity index (χ0n) is 7.11. The highest BCUT2D eigenvalue weighted by atomic mass is 19.1. The Hall–Kier alpha value is -1.91. The van der Waals surface area contributed by atoms with E-state index in [1.54, 1.807) is 0 Å². The Morgan fingerprint density at radius 1 is 1.29 bits per heavy atom.